The van der Waals surface area contributed by atoms with Crippen LogP contribution < -0.4 is 5.48 Å². The van der Waals surface area contributed by atoms with E-state index in [0.717, 1.165) is 5.69 Å². The van der Waals surface area contributed by atoms with E-state index >= 15 is 0 Å². The molecule has 9 heavy (non-hydrogen) atoms. The zero-order valence-electron chi connectivity index (χ0n) is 4.74. The van der Waals surface area contributed by atoms with Gasteiger partial charge in [-0.3, -0.25) is 5.48 Å². The molecule has 1 aromatic rings. The van der Waals surface area contributed by atoms with E-state index in [-0.39, 0.29) is 0 Å². The summed E-state index contributed by atoms with van der Waals surface area (Å²) in [6, 6.07) is 9.53. The monoisotopic (exact) mass is 141 g/mol. The summed E-state index contributed by atoms with van der Waals surface area (Å²) in [5.74, 6) is 0. The summed E-state index contributed by atoms with van der Waals surface area (Å²) in [5, 5.41) is 0. The first kappa shape index (κ1) is 6.45. The molecule has 1 rings (SSSR count). The number of anilines is 1. The maximum atomic E-state index is 4.37. The Morgan fingerprint density at radius 3 is 2.44 bits per heavy atom. The standard InChI is InChI=1S/C6H7NOS/c9-8-7-6-4-2-1-3-5-6/h1-5,7,9H. The highest BCUT2D eigenvalue weighted by Crippen LogP contribution is 2.04. The number of rotatable bonds is 2. The maximum Gasteiger partial charge on any atom is 0.0616 e. The number of hydrogen-bond donors (Lipinski definition) is 2. The van der Waals surface area contributed by atoms with Gasteiger partial charge in [-0.2, -0.15) is 0 Å². The Hall–Kier alpha value is -0.670. The Kier molecular flexibility index (Phi) is 2.42. The molecule has 0 bridgehead atoms. The number of thiol groups is 1. The maximum absolute atomic E-state index is 4.37. The van der Waals surface area contributed by atoms with Crippen LogP contribution in [0.4, 0.5) is 5.69 Å². The van der Waals surface area contributed by atoms with Gasteiger partial charge < -0.3 is 0 Å². The number of hydrogen-bond acceptors (Lipinski definition) is 3. The molecule has 3 heteroatoms. The fraction of sp³-hybridized carbons (Fsp3) is 0. The molecule has 0 aromatic heterocycles. The largest absolute Gasteiger partial charge is 0.254 e. The van der Waals surface area contributed by atoms with E-state index in [9.17, 15) is 0 Å². The fourth-order valence-corrected chi connectivity index (χ4v) is 0.664. The molecule has 1 N–H and O–H groups in total. The second-order valence-corrected chi connectivity index (χ2v) is 1.74. The lowest BCUT2D eigenvalue weighted by molar-refractivity contribution is 0.487. The van der Waals surface area contributed by atoms with E-state index in [0.29, 0.717) is 0 Å². The van der Waals surface area contributed by atoms with Crippen LogP contribution in [0.25, 0.3) is 0 Å². The van der Waals surface area contributed by atoms with Crippen LogP contribution in [0.5, 0.6) is 0 Å². The highest BCUT2D eigenvalue weighted by Gasteiger charge is 1.82. The predicted molar refractivity (Wildman–Crippen MR) is 40.1 cm³/mol. The molecule has 0 aliphatic rings. The fourth-order valence-electron chi connectivity index (χ4n) is 0.559. The van der Waals surface area contributed by atoms with Gasteiger partial charge in [0.2, 0.25) is 0 Å². The van der Waals surface area contributed by atoms with Crippen LogP contribution in [0.2, 0.25) is 0 Å². The summed E-state index contributed by atoms with van der Waals surface area (Å²) in [5.41, 5.74) is 3.47. The molecule has 0 radical (unpaired) electrons. The number of para-hydroxylation sites is 1. The van der Waals surface area contributed by atoms with Crippen LogP contribution in [-0.4, -0.2) is 0 Å². The van der Waals surface area contributed by atoms with Crippen molar-refractivity contribution in [3.63, 3.8) is 0 Å². The lowest BCUT2D eigenvalue weighted by Gasteiger charge is -1.97. The van der Waals surface area contributed by atoms with E-state index < -0.39 is 0 Å². The molecule has 0 heterocycles. The van der Waals surface area contributed by atoms with Gasteiger partial charge in [0, 0.05) is 12.9 Å². The summed E-state index contributed by atoms with van der Waals surface area (Å²) in [6.07, 6.45) is 0. The molecule has 0 amide bonds. The summed E-state index contributed by atoms with van der Waals surface area (Å²) in [7, 11) is 0. The van der Waals surface area contributed by atoms with Crippen molar-refractivity contribution >= 4 is 18.6 Å². The molecule has 1 aromatic carbocycles. The lowest BCUT2D eigenvalue weighted by Crippen LogP contribution is -1.89. The van der Waals surface area contributed by atoms with E-state index in [2.05, 4.69) is 22.7 Å². The third-order valence-electron chi connectivity index (χ3n) is 0.937. The molecule has 0 aliphatic heterocycles. The van der Waals surface area contributed by atoms with E-state index in [1.807, 2.05) is 30.3 Å². The topological polar surface area (TPSA) is 21.3 Å². The van der Waals surface area contributed by atoms with Gasteiger partial charge >= 0.3 is 0 Å². The van der Waals surface area contributed by atoms with Crippen LogP contribution in [0, 0.1) is 0 Å². The van der Waals surface area contributed by atoms with Gasteiger partial charge in [0.05, 0.1) is 5.69 Å². The minimum Gasteiger partial charge on any atom is -0.254 e. The third-order valence-corrected chi connectivity index (χ3v) is 1.03. The van der Waals surface area contributed by atoms with Gasteiger partial charge in [0.1, 0.15) is 0 Å². The zero-order chi connectivity index (χ0) is 6.53. The van der Waals surface area contributed by atoms with Gasteiger partial charge in [0.25, 0.3) is 0 Å². The van der Waals surface area contributed by atoms with Gasteiger partial charge in [-0.15, -0.1) is 0 Å². The molecule has 0 unspecified atom stereocenters. The molecule has 0 aliphatic carbocycles. The predicted octanol–water partition coefficient (Wildman–Crippen LogP) is 1.87. The minimum absolute atomic E-state index is 0.896. The van der Waals surface area contributed by atoms with Crippen LogP contribution in [0.15, 0.2) is 30.3 Å². The van der Waals surface area contributed by atoms with E-state index in [4.69, 9.17) is 0 Å². The molecule has 0 atom stereocenters. The van der Waals surface area contributed by atoms with Crippen LogP contribution >= 0.6 is 12.9 Å². The average molecular weight is 141 g/mol. The molecular weight excluding hydrogens is 134 g/mol. The van der Waals surface area contributed by atoms with Crippen LogP contribution in [0.3, 0.4) is 0 Å². The quantitative estimate of drug-likeness (QED) is 0.373. The van der Waals surface area contributed by atoms with Gasteiger partial charge in [0.15, 0.2) is 0 Å². The van der Waals surface area contributed by atoms with Gasteiger partial charge in [-0.25, -0.2) is 4.28 Å². The Balaban J connectivity index is 2.61. The van der Waals surface area contributed by atoms with E-state index in [1.165, 1.54) is 0 Å². The van der Waals surface area contributed by atoms with Crippen molar-refractivity contribution in [3.8, 4) is 0 Å². The Bertz CT molecular complexity index is 166. The summed E-state index contributed by atoms with van der Waals surface area (Å²) < 4.78 is 4.37. The van der Waals surface area contributed by atoms with Crippen molar-refractivity contribution in [1.29, 1.82) is 0 Å². The van der Waals surface area contributed by atoms with Crippen molar-refractivity contribution in [1.82, 2.24) is 0 Å². The second-order valence-electron chi connectivity index (χ2n) is 1.56. The first-order valence-electron chi connectivity index (χ1n) is 2.55. The van der Waals surface area contributed by atoms with Crippen molar-refractivity contribution in [3.05, 3.63) is 30.3 Å². The van der Waals surface area contributed by atoms with Crippen molar-refractivity contribution in [2.45, 2.75) is 0 Å². The molecule has 0 saturated carbocycles. The highest BCUT2D eigenvalue weighted by atomic mass is 32.1. The van der Waals surface area contributed by atoms with Crippen molar-refractivity contribution < 1.29 is 4.28 Å². The number of benzene rings is 1. The van der Waals surface area contributed by atoms with E-state index in [1.54, 1.807) is 0 Å². The highest BCUT2D eigenvalue weighted by molar-refractivity contribution is 7.75. The molecule has 48 valence electrons. The molecule has 0 saturated heterocycles. The number of nitrogens with one attached hydrogen (secondary N) is 1. The Morgan fingerprint density at radius 2 is 1.89 bits per heavy atom. The summed E-state index contributed by atoms with van der Waals surface area (Å²) >= 11 is 3.52. The minimum atomic E-state index is 0.896. The zero-order valence-corrected chi connectivity index (χ0v) is 5.64. The normalized spacial score (nSPS) is 9.00. The van der Waals surface area contributed by atoms with Crippen molar-refractivity contribution in [2.24, 2.45) is 0 Å². The molecular formula is C6H7NOS. The van der Waals surface area contributed by atoms with Crippen molar-refractivity contribution in [2.75, 3.05) is 5.48 Å². The van der Waals surface area contributed by atoms with Gasteiger partial charge in [-0.05, 0) is 12.1 Å². The smallest absolute Gasteiger partial charge is 0.0616 e. The molecule has 2 nitrogen and oxygen atoms in total. The average Bonchev–Trinajstić information content (AvgIpc) is 1.91. The SMILES string of the molecule is SONc1ccccc1. The Morgan fingerprint density at radius 1 is 1.22 bits per heavy atom. The van der Waals surface area contributed by atoms with Crippen LogP contribution in [0.1, 0.15) is 0 Å². The summed E-state index contributed by atoms with van der Waals surface area (Å²) in [4.78, 5) is 0. The third kappa shape index (κ3) is 1.95. The van der Waals surface area contributed by atoms with Crippen LogP contribution in [-0.2, 0) is 4.28 Å². The molecule has 0 fully saturated rings. The lowest BCUT2D eigenvalue weighted by atomic mass is 10.3. The second kappa shape index (κ2) is 3.37. The first-order valence-corrected chi connectivity index (χ1v) is 2.91. The summed E-state index contributed by atoms with van der Waals surface area (Å²) in [6.45, 7) is 0. The Labute approximate surface area is 59.4 Å². The first-order chi connectivity index (χ1) is 4.43. The van der Waals surface area contributed by atoms with Gasteiger partial charge in [-0.1, -0.05) is 18.2 Å². The molecule has 0 spiro atoms.